The molecule has 1 amide bonds. The minimum atomic E-state index is -2.02. The summed E-state index contributed by atoms with van der Waals surface area (Å²) in [5.41, 5.74) is 5.15. The second-order valence-corrected chi connectivity index (χ2v) is 7.22. The van der Waals surface area contributed by atoms with Gasteiger partial charge in [-0.15, -0.1) is 0 Å². The highest BCUT2D eigenvalue weighted by Gasteiger charge is 2.43. The number of aliphatic hydroxyl groups excluding tert-OH is 4. The highest BCUT2D eigenvalue weighted by Crippen LogP contribution is 2.30. The summed E-state index contributed by atoms with van der Waals surface area (Å²) in [5.74, 6) is -9.52. The van der Waals surface area contributed by atoms with Crippen molar-refractivity contribution in [3.05, 3.63) is 39.3 Å². The van der Waals surface area contributed by atoms with E-state index < -0.39 is 77.7 Å². The summed E-state index contributed by atoms with van der Waals surface area (Å²) in [6.45, 7) is -1.03. The summed E-state index contributed by atoms with van der Waals surface area (Å²) in [7, 11) is 0. The van der Waals surface area contributed by atoms with Crippen LogP contribution in [0.5, 0.6) is 0 Å². The Morgan fingerprint density at radius 2 is 1.53 bits per heavy atom. The van der Waals surface area contributed by atoms with Crippen molar-refractivity contribution in [2.45, 2.75) is 30.7 Å². The van der Waals surface area contributed by atoms with Gasteiger partial charge in [0.25, 0.3) is 5.91 Å². The normalized spacial score (nSPS) is 23.8. The SMILES string of the molecule is [N-]=[N+]=Nc1c(F)c(F)c(C(=O)NCCOCCOCCO[C@@H]2O[C@H](CO)[C@@H](O)[C@H](O)[C@H]2O)c(F)c1F. The van der Waals surface area contributed by atoms with Crippen LogP contribution in [0.15, 0.2) is 5.11 Å². The third-order valence-corrected chi connectivity index (χ3v) is 4.87. The summed E-state index contributed by atoms with van der Waals surface area (Å²) in [4.78, 5) is 14.0. The summed E-state index contributed by atoms with van der Waals surface area (Å²) in [6, 6.07) is 0. The maximum Gasteiger partial charge on any atom is 0.257 e. The quantitative estimate of drug-likeness (QED) is 0.0573. The highest BCUT2D eigenvalue weighted by atomic mass is 19.2. The molecule has 1 aromatic carbocycles. The molecular formula is C19H24F4N4O9. The minimum Gasteiger partial charge on any atom is -0.394 e. The van der Waals surface area contributed by atoms with Gasteiger partial charge in [0.15, 0.2) is 29.6 Å². The van der Waals surface area contributed by atoms with Crippen LogP contribution in [0.1, 0.15) is 10.4 Å². The Morgan fingerprint density at radius 3 is 2.11 bits per heavy atom. The third kappa shape index (κ3) is 7.22. The Labute approximate surface area is 200 Å². The number of aliphatic hydroxyl groups is 4. The zero-order chi connectivity index (χ0) is 26.8. The zero-order valence-electron chi connectivity index (χ0n) is 18.5. The van der Waals surface area contributed by atoms with E-state index in [4.69, 9.17) is 29.6 Å². The molecule has 202 valence electrons. The molecule has 0 aliphatic carbocycles. The zero-order valence-corrected chi connectivity index (χ0v) is 18.5. The number of nitrogens with one attached hydrogen (secondary N) is 1. The number of benzene rings is 1. The van der Waals surface area contributed by atoms with E-state index in [2.05, 4.69) is 10.0 Å². The average molecular weight is 528 g/mol. The van der Waals surface area contributed by atoms with Gasteiger partial charge >= 0.3 is 0 Å². The monoisotopic (exact) mass is 528 g/mol. The lowest BCUT2D eigenvalue weighted by Crippen LogP contribution is -2.59. The number of hydrogen-bond donors (Lipinski definition) is 5. The van der Waals surface area contributed by atoms with Crippen LogP contribution in [0.2, 0.25) is 0 Å². The molecule has 2 rings (SSSR count). The van der Waals surface area contributed by atoms with E-state index in [0.717, 1.165) is 0 Å². The number of nitrogens with zero attached hydrogens (tertiary/aromatic N) is 3. The molecule has 36 heavy (non-hydrogen) atoms. The molecule has 1 saturated heterocycles. The number of azide groups is 1. The van der Waals surface area contributed by atoms with Crippen molar-refractivity contribution in [3.63, 3.8) is 0 Å². The number of ether oxygens (including phenoxy) is 4. The Bertz CT molecular complexity index is 923. The van der Waals surface area contributed by atoms with E-state index in [1.54, 1.807) is 0 Å². The number of carbonyl (C=O) groups excluding carboxylic acids is 1. The fraction of sp³-hybridized carbons (Fsp3) is 0.632. The highest BCUT2D eigenvalue weighted by molar-refractivity contribution is 5.95. The predicted molar refractivity (Wildman–Crippen MR) is 109 cm³/mol. The van der Waals surface area contributed by atoms with Gasteiger partial charge in [0.05, 0.1) is 39.6 Å². The lowest BCUT2D eigenvalue weighted by atomic mass is 9.99. The number of amides is 1. The van der Waals surface area contributed by atoms with Crippen molar-refractivity contribution >= 4 is 11.6 Å². The molecule has 1 aliphatic rings. The molecule has 0 radical (unpaired) electrons. The van der Waals surface area contributed by atoms with Crippen molar-refractivity contribution in [1.82, 2.24) is 5.32 Å². The van der Waals surface area contributed by atoms with Gasteiger partial charge in [0.1, 0.15) is 35.7 Å². The first-order valence-corrected chi connectivity index (χ1v) is 10.4. The first-order valence-electron chi connectivity index (χ1n) is 10.4. The maximum atomic E-state index is 13.9. The molecule has 0 unspecified atom stereocenters. The van der Waals surface area contributed by atoms with E-state index in [9.17, 15) is 37.7 Å². The smallest absolute Gasteiger partial charge is 0.257 e. The molecule has 5 N–H and O–H groups in total. The standard InChI is InChI=1S/C19H24F4N4O9/c20-10-9(11(21)13(23)14(12(10)22)26-27-24)18(32)25-1-2-33-3-4-34-5-6-35-19-17(31)16(30)15(29)8(7-28)36-19/h8,15-17,19,28-31H,1-7H2,(H,25,32)/t8-,15-,16+,17-,19-/m1/s1. The first-order chi connectivity index (χ1) is 17.1. The average Bonchev–Trinajstić information content (AvgIpc) is 2.86. The van der Waals surface area contributed by atoms with Gasteiger partial charge in [-0.3, -0.25) is 4.79 Å². The van der Waals surface area contributed by atoms with Crippen molar-refractivity contribution < 1.29 is 61.7 Å². The van der Waals surface area contributed by atoms with Crippen LogP contribution in [0.3, 0.4) is 0 Å². The molecule has 1 aliphatic heterocycles. The van der Waals surface area contributed by atoms with Gasteiger partial charge < -0.3 is 44.7 Å². The Balaban J connectivity index is 1.64. The first kappa shape index (κ1) is 29.6. The molecular weight excluding hydrogens is 504 g/mol. The fourth-order valence-electron chi connectivity index (χ4n) is 3.03. The molecule has 0 saturated carbocycles. The van der Waals surface area contributed by atoms with Crippen LogP contribution in [0.4, 0.5) is 23.2 Å². The van der Waals surface area contributed by atoms with Crippen molar-refractivity contribution in [1.29, 1.82) is 0 Å². The predicted octanol–water partition coefficient (Wildman–Crippen LogP) is -0.236. The van der Waals surface area contributed by atoms with Crippen LogP contribution in [0.25, 0.3) is 10.4 Å². The molecule has 5 atom stereocenters. The topological polar surface area (TPSA) is 196 Å². The maximum absolute atomic E-state index is 13.9. The lowest BCUT2D eigenvalue weighted by Gasteiger charge is -2.39. The molecule has 0 aromatic heterocycles. The van der Waals surface area contributed by atoms with Crippen LogP contribution in [-0.4, -0.2) is 103 Å². The molecule has 17 heteroatoms. The number of carbonyl (C=O) groups is 1. The van der Waals surface area contributed by atoms with E-state index in [1.807, 2.05) is 5.32 Å². The van der Waals surface area contributed by atoms with Crippen LogP contribution in [-0.2, 0) is 18.9 Å². The summed E-state index contributed by atoms with van der Waals surface area (Å²) >= 11 is 0. The molecule has 1 fully saturated rings. The van der Waals surface area contributed by atoms with Crippen molar-refractivity contribution in [2.75, 3.05) is 46.2 Å². The van der Waals surface area contributed by atoms with Crippen molar-refractivity contribution in [2.24, 2.45) is 5.11 Å². The number of rotatable bonds is 13. The molecule has 0 bridgehead atoms. The van der Waals surface area contributed by atoms with Gasteiger partial charge in [-0.25, -0.2) is 17.6 Å². The summed E-state index contributed by atoms with van der Waals surface area (Å²) in [5, 5.41) is 42.8. The lowest BCUT2D eigenvalue weighted by molar-refractivity contribution is -0.302. The van der Waals surface area contributed by atoms with Gasteiger partial charge in [-0.05, 0) is 5.53 Å². The van der Waals surface area contributed by atoms with Gasteiger partial charge in [-0.2, -0.15) is 0 Å². The molecule has 1 heterocycles. The van der Waals surface area contributed by atoms with Gasteiger partial charge in [-0.1, -0.05) is 5.11 Å². The summed E-state index contributed by atoms with van der Waals surface area (Å²) < 4.78 is 76.0. The van der Waals surface area contributed by atoms with E-state index in [-0.39, 0.29) is 39.6 Å². The van der Waals surface area contributed by atoms with Crippen LogP contribution in [0, 0.1) is 23.3 Å². The molecule has 13 nitrogen and oxygen atoms in total. The van der Waals surface area contributed by atoms with Crippen LogP contribution < -0.4 is 5.32 Å². The van der Waals surface area contributed by atoms with E-state index in [1.165, 1.54) is 0 Å². The molecule has 1 aromatic rings. The largest absolute Gasteiger partial charge is 0.394 e. The molecule has 0 spiro atoms. The number of halogens is 4. The van der Waals surface area contributed by atoms with Crippen molar-refractivity contribution in [3.8, 4) is 0 Å². The van der Waals surface area contributed by atoms with E-state index >= 15 is 0 Å². The fourth-order valence-corrected chi connectivity index (χ4v) is 3.03. The minimum absolute atomic E-state index is 0.0106. The van der Waals surface area contributed by atoms with Gasteiger partial charge in [0.2, 0.25) is 0 Å². The van der Waals surface area contributed by atoms with Crippen LogP contribution >= 0.6 is 0 Å². The number of hydrogen-bond acceptors (Lipinski definition) is 10. The van der Waals surface area contributed by atoms with E-state index in [0.29, 0.717) is 0 Å². The Kier molecular flexibility index (Phi) is 11.7. The third-order valence-electron chi connectivity index (χ3n) is 4.87. The Morgan fingerprint density at radius 1 is 0.944 bits per heavy atom. The Hall–Kier alpha value is -2.60. The second-order valence-electron chi connectivity index (χ2n) is 7.22. The second kappa shape index (κ2) is 14.2. The van der Waals surface area contributed by atoms with Gasteiger partial charge in [0, 0.05) is 11.5 Å². The summed E-state index contributed by atoms with van der Waals surface area (Å²) in [6.07, 6.45) is -7.02.